The van der Waals surface area contributed by atoms with Gasteiger partial charge in [-0.2, -0.15) is 0 Å². The van der Waals surface area contributed by atoms with Gasteiger partial charge in [-0.15, -0.1) is 0 Å². The SMILES string of the molecule is O=C(NCC(c1ccco1)N1CCCC1)C1CNNC1c1ccccc1. The zero-order valence-electron chi connectivity index (χ0n) is 14.9. The van der Waals surface area contributed by atoms with E-state index in [0.717, 1.165) is 24.4 Å². The van der Waals surface area contributed by atoms with Crippen molar-refractivity contribution < 1.29 is 9.21 Å². The summed E-state index contributed by atoms with van der Waals surface area (Å²) in [6, 6.07) is 14.1. The highest BCUT2D eigenvalue weighted by atomic mass is 16.3. The highest BCUT2D eigenvalue weighted by Crippen LogP contribution is 2.27. The topological polar surface area (TPSA) is 69.5 Å². The molecule has 0 bridgehead atoms. The Hall–Kier alpha value is -2.15. The lowest BCUT2D eigenvalue weighted by molar-refractivity contribution is -0.125. The largest absolute Gasteiger partial charge is 0.468 e. The molecule has 138 valence electrons. The molecule has 0 radical (unpaired) electrons. The number of nitrogens with one attached hydrogen (secondary N) is 3. The molecule has 26 heavy (non-hydrogen) atoms. The van der Waals surface area contributed by atoms with Crippen LogP contribution in [0.2, 0.25) is 0 Å². The van der Waals surface area contributed by atoms with Crippen LogP contribution in [-0.2, 0) is 4.79 Å². The minimum atomic E-state index is -0.131. The highest BCUT2D eigenvalue weighted by molar-refractivity contribution is 5.80. The summed E-state index contributed by atoms with van der Waals surface area (Å²) in [5.74, 6) is 0.870. The lowest BCUT2D eigenvalue weighted by atomic mass is 9.94. The maximum absolute atomic E-state index is 12.9. The Morgan fingerprint density at radius 1 is 1.19 bits per heavy atom. The Morgan fingerprint density at radius 2 is 2.00 bits per heavy atom. The molecule has 2 aliphatic heterocycles. The normalized spacial score (nSPS) is 24.6. The summed E-state index contributed by atoms with van der Waals surface area (Å²) in [5.41, 5.74) is 7.49. The van der Waals surface area contributed by atoms with Crippen molar-refractivity contribution >= 4 is 5.91 Å². The van der Waals surface area contributed by atoms with Crippen LogP contribution in [0.4, 0.5) is 0 Å². The maximum Gasteiger partial charge on any atom is 0.226 e. The van der Waals surface area contributed by atoms with Gasteiger partial charge in [0.1, 0.15) is 5.76 Å². The molecule has 1 aromatic carbocycles. The third-order valence-corrected chi connectivity index (χ3v) is 5.40. The smallest absolute Gasteiger partial charge is 0.226 e. The number of hydrogen-bond donors (Lipinski definition) is 3. The van der Waals surface area contributed by atoms with Gasteiger partial charge in [-0.1, -0.05) is 30.3 Å². The molecule has 3 unspecified atom stereocenters. The summed E-state index contributed by atoms with van der Waals surface area (Å²) < 4.78 is 5.64. The number of carbonyl (C=O) groups excluding carboxylic acids is 1. The van der Waals surface area contributed by atoms with Gasteiger partial charge in [0, 0.05) is 13.1 Å². The first-order chi connectivity index (χ1) is 12.8. The summed E-state index contributed by atoms with van der Waals surface area (Å²) in [6.45, 7) is 3.31. The number of rotatable bonds is 6. The van der Waals surface area contributed by atoms with Crippen LogP contribution in [-0.4, -0.2) is 37.0 Å². The first-order valence-electron chi connectivity index (χ1n) is 9.41. The predicted molar refractivity (Wildman–Crippen MR) is 99.1 cm³/mol. The number of carbonyl (C=O) groups is 1. The van der Waals surface area contributed by atoms with E-state index in [2.05, 4.69) is 33.2 Å². The molecule has 6 nitrogen and oxygen atoms in total. The Kier molecular flexibility index (Phi) is 5.34. The molecule has 2 fully saturated rings. The van der Waals surface area contributed by atoms with E-state index in [0.29, 0.717) is 13.1 Å². The fourth-order valence-electron chi connectivity index (χ4n) is 3.99. The number of hydrogen-bond acceptors (Lipinski definition) is 5. The Bertz CT molecular complexity index is 698. The average molecular weight is 354 g/mol. The van der Waals surface area contributed by atoms with Gasteiger partial charge in [-0.25, -0.2) is 5.43 Å². The van der Waals surface area contributed by atoms with Gasteiger partial charge < -0.3 is 9.73 Å². The molecule has 2 aliphatic rings. The first-order valence-corrected chi connectivity index (χ1v) is 9.41. The second-order valence-electron chi connectivity index (χ2n) is 7.04. The van der Waals surface area contributed by atoms with E-state index >= 15 is 0 Å². The minimum Gasteiger partial charge on any atom is -0.468 e. The molecule has 6 heteroatoms. The molecule has 0 aliphatic carbocycles. The van der Waals surface area contributed by atoms with Crippen LogP contribution in [0.25, 0.3) is 0 Å². The monoisotopic (exact) mass is 354 g/mol. The molecule has 1 aromatic heterocycles. The van der Waals surface area contributed by atoms with E-state index in [4.69, 9.17) is 4.42 Å². The van der Waals surface area contributed by atoms with E-state index in [-0.39, 0.29) is 23.9 Å². The van der Waals surface area contributed by atoms with Crippen molar-refractivity contribution in [3.05, 3.63) is 60.1 Å². The molecule has 3 atom stereocenters. The van der Waals surface area contributed by atoms with Crippen molar-refractivity contribution in [1.82, 2.24) is 21.1 Å². The number of benzene rings is 1. The molecule has 3 heterocycles. The number of amides is 1. The zero-order valence-corrected chi connectivity index (χ0v) is 14.9. The number of likely N-dealkylation sites (tertiary alicyclic amines) is 1. The molecule has 2 saturated heterocycles. The zero-order chi connectivity index (χ0) is 17.8. The average Bonchev–Trinajstić information content (AvgIpc) is 3.44. The molecular formula is C20H26N4O2. The van der Waals surface area contributed by atoms with Crippen molar-refractivity contribution in [1.29, 1.82) is 0 Å². The fraction of sp³-hybridized carbons (Fsp3) is 0.450. The standard InChI is InChI=1S/C20H26N4O2/c25-20(16-13-22-23-19(16)15-7-2-1-3-8-15)21-14-17(18-9-6-12-26-18)24-10-4-5-11-24/h1-3,6-9,12,16-17,19,22-23H,4-5,10-11,13-14H2,(H,21,25). The van der Waals surface area contributed by atoms with Gasteiger partial charge in [-0.05, 0) is 43.6 Å². The third-order valence-electron chi connectivity index (χ3n) is 5.40. The number of nitrogens with zero attached hydrogens (tertiary/aromatic N) is 1. The number of hydrazine groups is 1. The van der Waals surface area contributed by atoms with E-state index in [1.165, 1.54) is 12.8 Å². The Balaban J connectivity index is 1.41. The van der Waals surface area contributed by atoms with Crippen molar-refractivity contribution in [2.75, 3.05) is 26.2 Å². The molecule has 3 N–H and O–H groups in total. The van der Waals surface area contributed by atoms with Crippen molar-refractivity contribution in [2.45, 2.75) is 24.9 Å². The van der Waals surface area contributed by atoms with Crippen LogP contribution in [0.5, 0.6) is 0 Å². The van der Waals surface area contributed by atoms with Crippen LogP contribution in [0.1, 0.15) is 36.2 Å². The molecule has 1 amide bonds. The van der Waals surface area contributed by atoms with Crippen LogP contribution in [0, 0.1) is 5.92 Å². The van der Waals surface area contributed by atoms with E-state index in [1.54, 1.807) is 6.26 Å². The maximum atomic E-state index is 12.9. The van der Waals surface area contributed by atoms with Gasteiger partial charge in [0.25, 0.3) is 0 Å². The lowest BCUT2D eigenvalue weighted by Gasteiger charge is -2.27. The minimum absolute atomic E-state index is 0.00921. The van der Waals surface area contributed by atoms with Crippen molar-refractivity contribution in [3.8, 4) is 0 Å². The third kappa shape index (κ3) is 3.67. The molecular weight excluding hydrogens is 328 g/mol. The van der Waals surface area contributed by atoms with Crippen molar-refractivity contribution in [2.24, 2.45) is 5.92 Å². The van der Waals surface area contributed by atoms with Crippen LogP contribution in [0.15, 0.2) is 53.1 Å². The van der Waals surface area contributed by atoms with Crippen LogP contribution >= 0.6 is 0 Å². The predicted octanol–water partition coefficient (Wildman–Crippen LogP) is 2.00. The Morgan fingerprint density at radius 3 is 2.73 bits per heavy atom. The number of furan rings is 1. The summed E-state index contributed by atoms with van der Waals surface area (Å²) in [5, 5.41) is 3.17. The van der Waals surface area contributed by atoms with Gasteiger partial charge in [-0.3, -0.25) is 15.1 Å². The van der Waals surface area contributed by atoms with Crippen LogP contribution < -0.4 is 16.2 Å². The van der Waals surface area contributed by atoms with Gasteiger partial charge >= 0.3 is 0 Å². The lowest BCUT2D eigenvalue weighted by Crippen LogP contribution is -2.41. The second kappa shape index (κ2) is 8.03. The first kappa shape index (κ1) is 17.3. The van der Waals surface area contributed by atoms with Gasteiger partial charge in [0.15, 0.2) is 0 Å². The van der Waals surface area contributed by atoms with Crippen LogP contribution in [0.3, 0.4) is 0 Å². The van der Waals surface area contributed by atoms with Gasteiger partial charge in [0.2, 0.25) is 5.91 Å². The quantitative estimate of drug-likeness (QED) is 0.740. The second-order valence-corrected chi connectivity index (χ2v) is 7.04. The van der Waals surface area contributed by atoms with Crippen molar-refractivity contribution in [3.63, 3.8) is 0 Å². The summed E-state index contributed by atoms with van der Waals surface area (Å²) in [6.07, 6.45) is 4.12. The highest BCUT2D eigenvalue weighted by Gasteiger charge is 2.34. The molecule has 2 aromatic rings. The fourth-order valence-corrected chi connectivity index (χ4v) is 3.99. The summed E-state index contributed by atoms with van der Waals surface area (Å²) in [4.78, 5) is 15.3. The molecule has 0 spiro atoms. The molecule has 0 saturated carbocycles. The van der Waals surface area contributed by atoms with E-state index in [9.17, 15) is 4.79 Å². The summed E-state index contributed by atoms with van der Waals surface area (Å²) >= 11 is 0. The van der Waals surface area contributed by atoms with E-state index in [1.807, 2.05) is 30.3 Å². The van der Waals surface area contributed by atoms with E-state index < -0.39 is 0 Å². The van der Waals surface area contributed by atoms with Gasteiger partial charge in [0.05, 0.1) is 24.3 Å². The Labute approximate surface area is 153 Å². The summed E-state index contributed by atoms with van der Waals surface area (Å²) in [7, 11) is 0. The molecule has 4 rings (SSSR count).